The van der Waals surface area contributed by atoms with Crippen molar-refractivity contribution in [3.05, 3.63) is 23.0 Å². The summed E-state index contributed by atoms with van der Waals surface area (Å²) in [6, 6.07) is 2.60. The Hall–Kier alpha value is -0.960. The van der Waals surface area contributed by atoms with Gasteiger partial charge in [-0.3, -0.25) is 0 Å². The SMILES string of the molecule is CCOc1cc(OC)c(F)cc1Cl. The Labute approximate surface area is 81.2 Å². The van der Waals surface area contributed by atoms with Crippen LogP contribution < -0.4 is 9.47 Å². The molecule has 0 amide bonds. The quantitative estimate of drug-likeness (QED) is 0.754. The van der Waals surface area contributed by atoms with Crippen LogP contribution in [0.2, 0.25) is 5.02 Å². The fourth-order valence-corrected chi connectivity index (χ4v) is 1.14. The summed E-state index contributed by atoms with van der Waals surface area (Å²) in [5.41, 5.74) is 0. The third-order valence-electron chi connectivity index (χ3n) is 1.51. The van der Waals surface area contributed by atoms with Crippen molar-refractivity contribution in [3.63, 3.8) is 0 Å². The van der Waals surface area contributed by atoms with Gasteiger partial charge in [-0.25, -0.2) is 4.39 Å². The molecule has 0 spiro atoms. The molecule has 0 saturated carbocycles. The highest BCUT2D eigenvalue weighted by atomic mass is 35.5. The number of hydrogen-bond donors (Lipinski definition) is 0. The van der Waals surface area contributed by atoms with E-state index in [4.69, 9.17) is 21.1 Å². The van der Waals surface area contributed by atoms with Crippen LogP contribution in [0.5, 0.6) is 11.5 Å². The lowest BCUT2D eigenvalue weighted by atomic mass is 10.3. The molecule has 0 saturated heterocycles. The maximum atomic E-state index is 13.0. The fourth-order valence-electron chi connectivity index (χ4n) is 0.933. The van der Waals surface area contributed by atoms with E-state index in [0.29, 0.717) is 12.4 Å². The van der Waals surface area contributed by atoms with Gasteiger partial charge in [-0.15, -0.1) is 0 Å². The molecule has 1 aromatic carbocycles. The summed E-state index contributed by atoms with van der Waals surface area (Å²) >= 11 is 5.72. The van der Waals surface area contributed by atoms with Crippen LogP contribution in [0.25, 0.3) is 0 Å². The third kappa shape index (κ3) is 2.25. The van der Waals surface area contributed by atoms with E-state index < -0.39 is 5.82 Å². The Kier molecular flexibility index (Phi) is 3.37. The minimum atomic E-state index is -0.490. The number of benzene rings is 1. The molecule has 0 heterocycles. The molecule has 4 heteroatoms. The van der Waals surface area contributed by atoms with E-state index in [2.05, 4.69) is 0 Å². The average Bonchev–Trinajstić information content (AvgIpc) is 2.10. The van der Waals surface area contributed by atoms with Crippen molar-refractivity contribution in [1.29, 1.82) is 0 Å². The summed E-state index contributed by atoms with van der Waals surface area (Å²) in [5, 5.41) is 0.250. The first-order valence-corrected chi connectivity index (χ1v) is 4.22. The summed E-state index contributed by atoms with van der Waals surface area (Å²) in [7, 11) is 1.39. The topological polar surface area (TPSA) is 18.5 Å². The first kappa shape index (κ1) is 10.1. The second-order valence-corrected chi connectivity index (χ2v) is 2.76. The van der Waals surface area contributed by atoms with Gasteiger partial charge >= 0.3 is 0 Å². The molecular weight excluding hydrogens is 195 g/mol. The molecular formula is C9H10ClFO2. The van der Waals surface area contributed by atoms with E-state index in [1.165, 1.54) is 19.2 Å². The second kappa shape index (κ2) is 4.33. The maximum absolute atomic E-state index is 13.0. The number of ether oxygens (including phenoxy) is 2. The maximum Gasteiger partial charge on any atom is 0.166 e. The molecule has 0 atom stereocenters. The smallest absolute Gasteiger partial charge is 0.166 e. The van der Waals surface area contributed by atoms with E-state index in [-0.39, 0.29) is 10.8 Å². The van der Waals surface area contributed by atoms with Gasteiger partial charge in [0, 0.05) is 12.1 Å². The van der Waals surface area contributed by atoms with Gasteiger partial charge < -0.3 is 9.47 Å². The Morgan fingerprint density at radius 1 is 1.38 bits per heavy atom. The van der Waals surface area contributed by atoms with Gasteiger partial charge in [0.25, 0.3) is 0 Å². The predicted molar refractivity (Wildman–Crippen MR) is 49.1 cm³/mol. The van der Waals surface area contributed by atoms with Crippen molar-refractivity contribution in [1.82, 2.24) is 0 Å². The first-order valence-electron chi connectivity index (χ1n) is 3.84. The zero-order valence-corrected chi connectivity index (χ0v) is 8.19. The van der Waals surface area contributed by atoms with Crippen molar-refractivity contribution in [2.24, 2.45) is 0 Å². The molecule has 0 bridgehead atoms. The first-order chi connectivity index (χ1) is 6.19. The van der Waals surface area contributed by atoms with Crippen LogP contribution >= 0.6 is 11.6 Å². The predicted octanol–water partition coefficient (Wildman–Crippen LogP) is 2.89. The number of halogens is 2. The molecule has 2 nitrogen and oxygen atoms in total. The number of rotatable bonds is 3. The summed E-state index contributed by atoms with van der Waals surface area (Å²) in [5.74, 6) is 0.0752. The van der Waals surface area contributed by atoms with E-state index >= 15 is 0 Å². The minimum absolute atomic E-state index is 0.132. The zero-order chi connectivity index (χ0) is 9.84. The highest BCUT2D eigenvalue weighted by Gasteiger charge is 2.09. The van der Waals surface area contributed by atoms with Gasteiger partial charge in [-0.05, 0) is 6.92 Å². The van der Waals surface area contributed by atoms with Gasteiger partial charge in [0.2, 0.25) is 0 Å². The number of methoxy groups -OCH3 is 1. The molecule has 72 valence electrons. The summed E-state index contributed by atoms with van der Waals surface area (Å²) in [6.07, 6.45) is 0. The van der Waals surface area contributed by atoms with E-state index in [9.17, 15) is 4.39 Å². The lowest BCUT2D eigenvalue weighted by Crippen LogP contribution is -1.95. The summed E-state index contributed by atoms with van der Waals surface area (Å²) in [4.78, 5) is 0. The molecule has 1 rings (SSSR count). The van der Waals surface area contributed by atoms with Crippen LogP contribution in [-0.2, 0) is 0 Å². The Morgan fingerprint density at radius 2 is 2.08 bits per heavy atom. The molecule has 0 aliphatic carbocycles. The van der Waals surface area contributed by atoms with Gasteiger partial charge in [0.05, 0.1) is 18.7 Å². The molecule has 0 aliphatic rings. The molecule has 0 radical (unpaired) electrons. The van der Waals surface area contributed by atoms with Crippen molar-refractivity contribution in [3.8, 4) is 11.5 Å². The lowest BCUT2D eigenvalue weighted by molar-refractivity contribution is 0.332. The van der Waals surface area contributed by atoms with Crippen molar-refractivity contribution in [2.45, 2.75) is 6.92 Å². The van der Waals surface area contributed by atoms with Crippen LogP contribution in [0.15, 0.2) is 12.1 Å². The molecule has 0 unspecified atom stereocenters. The van der Waals surface area contributed by atoms with Crippen LogP contribution in [-0.4, -0.2) is 13.7 Å². The van der Waals surface area contributed by atoms with Gasteiger partial charge in [0.1, 0.15) is 5.75 Å². The molecule has 0 aromatic heterocycles. The Bertz CT molecular complexity index is 302. The number of hydrogen-bond acceptors (Lipinski definition) is 2. The third-order valence-corrected chi connectivity index (χ3v) is 1.80. The fraction of sp³-hybridized carbons (Fsp3) is 0.333. The normalized spacial score (nSPS) is 9.85. The molecule has 0 N–H and O–H groups in total. The van der Waals surface area contributed by atoms with E-state index in [1.807, 2.05) is 6.92 Å². The molecule has 1 aromatic rings. The average molecular weight is 205 g/mol. The van der Waals surface area contributed by atoms with E-state index in [1.54, 1.807) is 0 Å². The Balaban J connectivity index is 3.06. The van der Waals surface area contributed by atoms with Crippen LogP contribution in [0.3, 0.4) is 0 Å². The van der Waals surface area contributed by atoms with Crippen LogP contribution in [0, 0.1) is 5.82 Å². The van der Waals surface area contributed by atoms with Gasteiger partial charge in [-0.2, -0.15) is 0 Å². The van der Waals surface area contributed by atoms with Crippen molar-refractivity contribution < 1.29 is 13.9 Å². The highest BCUT2D eigenvalue weighted by molar-refractivity contribution is 6.32. The van der Waals surface area contributed by atoms with Crippen LogP contribution in [0.4, 0.5) is 4.39 Å². The van der Waals surface area contributed by atoms with E-state index in [0.717, 1.165) is 0 Å². The monoisotopic (exact) mass is 204 g/mol. The molecule has 13 heavy (non-hydrogen) atoms. The highest BCUT2D eigenvalue weighted by Crippen LogP contribution is 2.31. The largest absolute Gasteiger partial charge is 0.494 e. The van der Waals surface area contributed by atoms with Gasteiger partial charge in [0.15, 0.2) is 11.6 Å². The zero-order valence-electron chi connectivity index (χ0n) is 7.43. The Morgan fingerprint density at radius 3 is 2.62 bits per heavy atom. The standard InChI is InChI=1S/C9H10ClFO2/c1-3-13-8-5-9(12-2)7(11)4-6(8)10/h4-5H,3H2,1-2H3. The molecule has 0 fully saturated rings. The lowest BCUT2D eigenvalue weighted by Gasteiger charge is -2.08. The van der Waals surface area contributed by atoms with Crippen LogP contribution in [0.1, 0.15) is 6.92 Å². The minimum Gasteiger partial charge on any atom is -0.494 e. The summed E-state index contributed by atoms with van der Waals surface area (Å²) in [6.45, 7) is 2.31. The van der Waals surface area contributed by atoms with Crippen molar-refractivity contribution >= 4 is 11.6 Å². The van der Waals surface area contributed by atoms with Gasteiger partial charge in [-0.1, -0.05) is 11.6 Å². The van der Waals surface area contributed by atoms with Crippen molar-refractivity contribution in [2.75, 3.05) is 13.7 Å². The summed E-state index contributed by atoms with van der Waals surface area (Å²) < 4.78 is 22.9. The second-order valence-electron chi connectivity index (χ2n) is 2.35. The molecule has 0 aliphatic heterocycles.